The summed E-state index contributed by atoms with van der Waals surface area (Å²) in [5.41, 5.74) is 1.04. The Hall–Kier alpha value is -1.39. The number of thioether (sulfide) groups is 1. The number of rotatable bonds is 6. The van der Waals surface area contributed by atoms with E-state index in [9.17, 15) is 4.39 Å². The first-order chi connectivity index (χ1) is 8.84. The smallest absolute Gasteiger partial charge is 0.124 e. The predicted molar refractivity (Wildman–Crippen MR) is 73.1 cm³/mol. The van der Waals surface area contributed by atoms with E-state index in [1.54, 1.807) is 30.1 Å². The molecule has 1 aromatic carbocycles. The average molecular weight is 262 g/mol. The van der Waals surface area contributed by atoms with E-state index in [0.717, 1.165) is 29.4 Å². The highest BCUT2D eigenvalue weighted by molar-refractivity contribution is 7.99. The molecule has 2 nitrogen and oxygen atoms in total. The Morgan fingerprint density at radius 3 is 2.89 bits per heavy atom. The number of hydrogen-bond donors (Lipinski definition) is 1. The van der Waals surface area contributed by atoms with Gasteiger partial charge in [-0.1, -0.05) is 12.1 Å². The lowest BCUT2D eigenvalue weighted by atomic mass is 10.3. The normalized spacial score (nSPS) is 10.5. The second-order valence-corrected chi connectivity index (χ2v) is 4.97. The van der Waals surface area contributed by atoms with Crippen LogP contribution < -0.4 is 5.32 Å². The van der Waals surface area contributed by atoms with Gasteiger partial charge in [0.25, 0.3) is 0 Å². The lowest BCUT2D eigenvalue weighted by molar-refractivity contribution is 0.624. The molecule has 1 aromatic heterocycles. The van der Waals surface area contributed by atoms with Gasteiger partial charge < -0.3 is 5.32 Å². The SMILES string of the molecule is Fc1cccc(SCCNCc2ccccn2)c1. The minimum absolute atomic E-state index is 0.179. The molecule has 0 saturated carbocycles. The number of halogens is 1. The van der Waals surface area contributed by atoms with Gasteiger partial charge in [0.15, 0.2) is 0 Å². The second kappa shape index (κ2) is 7.13. The Morgan fingerprint density at radius 1 is 1.17 bits per heavy atom. The van der Waals surface area contributed by atoms with Crippen molar-refractivity contribution in [2.45, 2.75) is 11.4 Å². The monoisotopic (exact) mass is 262 g/mol. The maximum atomic E-state index is 12.9. The van der Waals surface area contributed by atoms with Crippen molar-refractivity contribution in [3.63, 3.8) is 0 Å². The molecule has 0 amide bonds. The molecule has 0 aliphatic rings. The molecule has 0 bridgehead atoms. The summed E-state index contributed by atoms with van der Waals surface area (Å²) in [5.74, 6) is 0.734. The summed E-state index contributed by atoms with van der Waals surface area (Å²) < 4.78 is 12.9. The molecule has 0 saturated heterocycles. The first-order valence-corrected chi connectivity index (χ1v) is 6.82. The van der Waals surface area contributed by atoms with E-state index in [2.05, 4.69) is 10.3 Å². The standard InChI is InChI=1S/C14H15FN2S/c15-12-4-3-6-14(10-12)18-9-8-16-11-13-5-1-2-7-17-13/h1-7,10,16H,8-9,11H2. The van der Waals surface area contributed by atoms with Crippen LogP contribution >= 0.6 is 11.8 Å². The van der Waals surface area contributed by atoms with Crippen molar-refractivity contribution in [2.75, 3.05) is 12.3 Å². The summed E-state index contributed by atoms with van der Waals surface area (Å²) in [6, 6.07) is 12.6. The van der Waals surface area contributed by atoms with Gasteiger partial charge in [0.1, 0.15) is 5.82 Å². The molecule has 1 heterocycles. The number of pyridine rings is 1. The summed E-state index contributed by atoms with van der Waals surface area (Å²) in [5, 5.41) is 3.31. The fraction of sp³-hybridized carbons (Fsp3) is 0.214. The zero-order chi connectivity index (χ0) is 12.6. The van der Waals surface area contributed by atoms with Crippen LogP contribution in [0.1, 0.15) is 5.69 Å². The molecular weight excluding hydrogens is 247 g/mol. The topological polar surface area (TPSA) is 24.9 Å². The number of nitrogens with one attached hydrogen (secondary N) is 1. The van der Waals surface area contributed by atoms with Crippen LogP contribution in [0.4, 0.5) is 4.39 Å². The van der Waals surface area contributed by atoms with Gasteiger partial charge in [0, 0.05) is 29.9 Å². The Morgan fingerprint density at radius 2 is 2.11 bits per heavy atom. The Bertz CT molecular complexity index is 476. The first kappa shape index (κ1) is 13.1. The highest BCUT2D eigenvalue weighted by Gasteiger charge is 1.96. The fourth-order valence-electron chi connectivity index (χ4n) is 1.52. The Balaban J connectivity index is 1.65. The maximum Gasteiger partial charge on any atom is 0.124 e. The van der Waals surface area contributed by atoms with Gasteiger partial charge in [-0.3, -0.25) is 4.98 Å². The first-order valence-electron chi connectivity index (χ1n) is 5.83. The molecule has 2 aromatic rings. The number of nitrogens with zero attached hydrogens (tertiary/aromatic N) is 1. The summed E-state index contributed by atoms with van der Waals surface area (Å²) in [4.78, 5) is 5.19. The van der Waals surface area contributed by atoms with Gasteiger partial charge in [0.05, 0.1) is 5.69 Å². The molecule has 0 aliphatic heterocycles. The van der Waals surface area contributed by atoms with Crippen molar-refractivity contribution < 1.29 is 4.39 Å². The Kier molecular flexibility index (Phi) is 5.17. The number of aromatic nitrogens is 1. The van der Waals surface area contributed by atoms with E-state index in [4.69, 9.17) is 0 Å². The van der Waals surface area contributed by atoms with Gasteiger partial charge >= 0.3 is 0 Å². The summed E-state index contributed by atoms with van der Waals surface area (Å²) in [7, 11) is 0. The third-order valence-electron chi connectivity index (χ3n) is 2.38. The average Bonchev–Trinajstić information content (AvgIpc) is 2.40. The van der Waals surface area contributed by atoms with Crippen molar-refractivity contribution in [2.24, 2.45) is 0 Å². The largest absolute Gasteiger partial charge is 0.310 e. The Labute approximate surface area is 111 Å². The molecule has 0 spiro atoms. The van der Waals surface area contributed by atoms with Gasteiger partial charge in [-0.2, -0.15) is 0 Å². The predicted octanol–water partition coefficient (Wildman–Crippen LogP) is 3.10. The van der Waals surface area contributed by atoms with E-state index < -0.39 is 0 Å². The van der Waals surface area contributed by atoms with E-state index in [0.29, 0.717) is 0 Å². The maximum absolute atomic E-state index is 12.9. The van der Waals surface area contributed by atoms with Crippen LogP contribution in [0.25, 0.3) is 0 Å². The minimum atomic E-state index is -0.179. The zero-order valence-corrected chi connectivity index (χ0v) is 10.8. The van der Waals surface area contributed by atoms with Crippen molar-refractivity contribution in [3.05, 3.63) is 60.2 Å². The van der Waals surface area contributed by atoms with Gasteiger partial charge in [-0.25, -0.2) is 4.39 Å². The van der Waals surface area contributed by atoms with Crippen LogP contribution in [0, 0.1) is 5.82 Å². The van der Waals surface area contributed by atoms with E-state index in [-0.39, 0.29) is 5.82 Å². The molecule has 1 N–H and O–H groups in total. The van der Waals surface area contributed by atoms with Crippen LogP contribution in [0.3, 0.4) is 0 Å². The lowest BCUT2D eigenvalue weighted by Crippen LogP contribution is -2.17. The molecule has 94 valence electrons. The van der Waals surface area contributed by atoms with Crippen LogP contribution in [0.5, 0.6) is 0 Å². The zero-order valence-electron chi connectivity index (χ0n) is 9.97. The van der Waals surface area contributed by atoms with Crippen molar-refractivity contribution in [1.29, 1.82) is 0 Å². The van der Waals surface area contributed by atoms with Gasteiger partial charge in [-0.15, -0.1) is 11.8 Å². The van der Waals surface area contributed by atoms with Crippen LogP contribution in [0.15, 0.2) is 53.6 Å². The van der Waals surface area contributed by atoms with Crippen molar-refractivity contribution >= 4 is 11.8 Å². The van der Waals surface area contributed by atoms with Crippen molar-refractivity contribution in [3.8, 4) is 0 Å². The van der Waals surface area contributed by atoms with Crippen LogP contribution in [0.2, 0.25) is 0 Å². The van der Waals surface area contributed by atoms with E-state index in [1.807, 2.05) is 24.3 Å². The lowest BCUT2D eigenvalue weighted by Gasteiger charge is -2.04. The van der Waals surface area contributed by atoms with Gasteiger partial charge in [-0.05, 0) is 30.3 Å². The van der Waals surface area contributed by atoms with E-state index >= 15 is 0 Å². The molecule has 0 fully saturated rings. The highest BCUT2D eigenvalue weighted by atomic mass is 32.2. The minimum Gasteiger partial charge on any atom is -0.310 e. The molecule has 4 heteroatoms. The quantitative estimate of drug-likeness (QED) is 0.639. The molecule has 0 atom stereocenters. The molecule has 18 heavy (non-hydrogen) atoms. The number of benzene rings is 1. The summed E-state index contributed by atoms with van der Waals surface area (Å²) in [6.07, 6.45) is 1.79. The molecular formula is C14H15FN2S. The molecule has 0 radical (unpaired) electrons. The second-order valence-electron chi connectivity index (χ2n) is 3.80. The van der Waals surface area contributed by atoms with Crippen molar-refractivity contribution in [1.82, 2.24) is 10.3 Å². The van der Waals surface area contributed by atoms with Crippen LogP contribution in [-0.2, 0) is 6.54 Å². The third-order valence-corrected chi connectivity index (χ3v) is 3.37. The molecule has 2 rings (SSSR count). The fourth-order valence-corrected chi connectivity index (χ4v) is 2.37. The van der Waals surface area contributed by atoms with Gasteiger partial charge in [0.2, 0.25) is 0 Å². The summed E-state index contributed by atoms with van der Waals surface area (Å²) >= 11 is 1.65. The van der Waals surface area contributed by atoms with E-state index in [1.165, 1.54) is 6.07 Å². The van der Waals surface area contributed by atoms with Crippen LogP contribution in [-0.4, -0.2) is 17.3 Å². The molecule has 0 aliphatic carbocycles. The highest BCUT2D eigenvalue weighted by Crippen LogP contribution is 2.17. The summed E-state index contributed by atoms with van der Waals surface area (Å²) in [6.45, 7) is 1.64. The number of hydrogen-bond acceptors (Lipinski definition) is 3. The third kappa shape index (κ3) is 4.47. The molecule has 0 unspecified atom stereocenters.